The van der Waals surface area contributed by atoms with Gasteiger partial charge in [-0.1, -0.05) is 48.5 Å². The van der Waals surface area contributed by atoms with Gasteiger partial charge in [-0.2, -0.15) is 0 Å². The van der Waals surface area contributed by atoms with E-state index in [1.165, 1.54) is 4.90 Å². The number of para-hydroxylation sites is 1. The van der Waals surface area contributed by atoms with Crippen LogP contribution in [0.15, 0.2) is 72.8 Å². The molecule has 0 spiro atoms. The summed E-state index contributed by atoms with van der Waals surface area (Å²) in [6, 6.07) is 22.6. The van der Waals surface area contributed by atoms with Crippen LogP contribution in [0.3, 0.4) is 0 Å². The van der Waals surface area contributed by atoms with Crippen LogP contribution in [0.1, 0.15) is 39.2 Å². The van der Waals surface area contributed by atoms with Crippen LogP contribution in [-0.2, 0) is 0 Å². The molecular weight excluding hydrogens is 368 g/mol. The van der Waals surface area contributed by atoms with Crippen LogP contribution in [-0.4, -0.2) is 21.7 Å². The fourth-order valence-electron chi connectivity index (χ4n) is 3.62. The van der Waals surface area contributed by atoms with Gasteiger partial charge in [-0.25, -0.2) is 4.98 Å². The Morgan fingerprint density at radius 1 is 0.857 bits per heavy atom. The highest BCUT2D eigenvalue weighted by Crippen LogP contribution is 2.35. The fraction of sp³-hybridized carbons (Fsp3) is 0.0870. The summed E-state index contributed by atoms with van der Waals surface area (Å²) >= 11 is 1.58. The molecule has 1 aromatic heterocycles. The molecule has 136 valence electrons. The lowest BCUT2D eigenvalue weighted by molar-refractivity contribution is 0.0595. The molecule has 0 radical (unpaired) electrons. The second-order valence-electron chi connectivity index (χ2n) is 6.81. The van der Waals surface area contributed by atoms with E-state index in [2.05, 4.69) is 4.98 Å². The minimum Gasteiger partial charge on any atom is -0.269 e. The van der Waals surface area contributed by atoms with Crippen molar-refractivity contribution < 1.29 is 9.59 Å². The number of hydrogen-bond donors (Lipinski definition) is 0. The Morgan fingerprint density at radius 2 is 1.57 bits per heavy atom. The van der Waals surface area contributed by atoms with E-state index in [9.17, 15) is 9.59 Å². The standard InChI is InChI=1S/C23H16N2O2S/c1-14(15-7-3-2-4-8-15)25-22(26)17-12-11-16(13-18(17)23(25)27)21-24-19-9-5-6-10-20(19)28-21/h2-14H,1H3. The number of hydrogen-bond acceptors (Lipinski definition) is 4. The van der Waals surface area contributed by atoms with Crippen molar-refractivity contribution >= 4 is 33.4 Å². The van der Waals surface area contributed by atoms with Crippen LogP contribution < -0.4 is 0 Å². The van der Waals surface area contributed by atoms with E-state index >= 15 is 0 Å². The predicted octanol–water partition coefficient (Wildman–Crippen LogP) is 5.32. The third kappa shape index (κ3) is 2.55. The highest BCUT2D eigenvalue weighted by atomic mass is 32.1. The average molecular weight is 384 g/mol. The number of amides is 2. The number of imide groups is 1. The second-order valence-corrected chi connectivity index (χ2v) is 7.84. The van der Waals surface area contributed by atoms with Crippen LogP contribution >= 0.6 is 11.3 Å². The van der Waals surface area contributed by atoms with E-state index in [0.717, 1.165) is 26.4 Å². The largest absolute Gasteiger partial charge is 0.269 e. The van der Waals surface area contributed by atoms with Gasteiger partial charge in [-0.15, -0.1) is 11.3 Å². The summed E-state index contributed by atoms with van der Waals surface area (Å²) in [6.07, 6.45) is 0. The zero-order chi connectivity index (χ0) is 19.3. The maximum Gasteiger partial charge on any atom is 0.262 e. The van der Waals surface area contributed by atoms with Gasteiger partial charge in [0.25, 0.3) is 11.8 Å². The molecule has 2 heterocycles. The molecule has 1 aliphatic heterocycles. The zero-order valence-electron chi connectivity index (χ0n) is 15.1. The number of thiazole rings is 1. The molecule has 5 heteroatoms. The second kappa shape index (κ2) is 6.39. The molecule has 4 aromatic rings. The third-order valence-electron chi connectivity index (χ3n) is 5.13. The van der Waals surface area contributed by atoms with Crippen molar-refractivity contribution in [2.45, 2.75) is 13.0 Å². The molecule has 1 atom stereocenters. The van der Waals surface area contributed by atoms with Crippen LogP contribution in [0, 0.1) is 0 Å². The molecule has 1 aliphatic rings. The molecule has 1 unspecified atom stereocenters. The van der Waals surface area contributed by atoms with Crippen LogP contribution in [0.5, 0.6) is 0 Å². The number of carbonyl (C=O) groups excluding carboxylic acids is 2. The van der Waals surface area contributed by atoms with Crippen molar-refractivity contribution in [3.63, 3.8) is 0 Å². The molecule has 3 aromatic carbocycles. The summed E-state index contributed by atoms with van der Waals surface area (Å²) in [4.78, 5) is 32.0. The normalized spacial score (nSPS) is 14.5. The molecule has 4 nitrogen and oxygen atoms in total. The van der Waals surface area contributed by atoms with Gasteiger partial charge >= 0.3 is 0 Å². The summed E-state index contributed by atoms with van der Waals surface area (Å²) in [5.74, 6) is -0.494. The fourth-order valence-corrected chi connectivity index (χ4v) is 4.58. The average Bonchev–Trinajstić information content (AvgIpc) is 3.27. The predicted molar refractivity (Wildman–Crippen MR) is 110 cm³/mol. The number of aromatic nitrogens is 1. The van der Waals surface area contributed by atoms with Crippen molar-refractivity contribution in [3.8, 4) is 10.6 Å². The smallest absolute Gasteiger partial charge is 0.262 e. The first-order chi connectivity index (χ1) is 13.6. The SMILES string of the molecule is CC(c1ccccc1)N1C(=O)c2ccc(-c3nc4ccccc4s3)cc2C1=O. The molecule has 0 N–H and O–H groups in total. The number of carbonyl (C=O) groups is 2. The Balaban J connectivity index is 1.54. The van der Waals surface area contributed by atoms with Gasteiger partial charge < -0.3 is 0 Å². The summed E-state index contributed by atoms with van der Waals surface area (Å²) in [6.45, 7) is 1.88. The van der Waals surface area contributed by atoms with Gasteiger partial charge in [0.15, 0.2) is 0 Å². The van der Waals surface area contributed by atoms with Crippen LogP contribution in [0.2, 0.25) is 0 Å². The first-order valence-electron chi connectivity index (χ1n) is 9.06. The Labute approximate surface area is 166 Å². The lowest BCUT2D eigenvalue weighted by atomic mass is 10.1. The van der Waals surface area contributed by atoms with Gasteiger partial charge in [0.1, 0.15) is 5.01 Å². The molecule has 0 saturated carbocycles. The van der Waals surface area contributed by atoms with E-state index < -0.39 is 0 Å². The minimum atomic E-state index is -0.320. The topological polar surface area (TPSA) is 50.3 Å². The van der Waals surface area contributed by atoms with Crippen molar-refractivity contribution in [1.82, 2.24) is 9.88 Å². The molecule has 0 bridgehead atoms. The van der Waals surface area contributed by atoms with Gasteiger partial charge in [0.05, 0.1) is 27.4 Å². The number of fused-ring (bicyclic) bond motifs is 2. The minimum absolute atomic E-state index is 0.243. The highest BCUT2D eigenvalue weighted by molar-refractivity contribution is 7.21. The van der Waals surface area contributed by atoms with Gasteiger partial charge in [0.2, 0.25) is 0 Å². The molecule has 0 saturated heterocycles. The number of rotatable bonds is 3. The lowest BCUT2D eigenvalue weighted by Gasteiger charge is -2.22. The zero-order valence-corrected chi connectivity index (χ0v) is 15.9. The van der Waals surface area contributed by atoms with Gasteiger partial charge in [-0.3, -0.25) is 14.5 Å². The van der Waals surface area contributed by atoms with E-state index in [1.807, 2.05) is 67.6 Å². The Morgan fingerprint density at radius 3 is 2.36 bits per heavy atom. The van der Waals surface area contributed by atoms with Gasteiger partial charge in [0, 0.05) is 5.56 Å². The lowest BCUT2D eigenvalue weighted by Crippen LogP contribution is -2.32. The molecule has 0 aliphatic carbocycles. The third-order valence-corrected chi connectivity index (χ3v) is 6.21. The van der Waals surface area contributed by atoms with Crippen molar-refractivity contribution in [2.75, 3.05) is 0 Å². The van der Waals surface area contributed by atoms with Crippen LogP contribution in [0.4, 0.5) is 0 Å². The van der Waals surface area contributed by atoms with E-state index in [-0.39, 0.29) is 17.9 Å². The Kier molecular flexibility index (Phi) is 3.84. The Bertz CT molecular complexity index is 1200. The Hall–Kier alpha value is -3.31. The highest BCUT2D eigenvalue weighted by Gasteiger charge is 2.39. The van der Waals surface area contributed by atoms with Crippen molar-refractivity contribution in [1.29, 1.82) is 0 Å². The van der Waals surface area contributed by atoms with Crippen molar-refractivity contribution in [3.05, 3.63) is 89.5 Å². The first kappa shape index (κ1) is 16.8. The molecule has 0 fully saturated rings. The summed E-state index contributed by atoms with van der Waals surface area (Å²) in [5, 5.41) is 0.846. The summed E-state index contributed by atoms with van der Waals surface area (Å²) < 4.78 is 1.10. The number of nitrogens with zero attached hydrogens (tertiary/aromatic N) is 2. The quantitative estimate of drug-likeness (QED) is 0.449. The first-order valence-corrected chi connectivity index (χ1v) is 9.88. The van der Waals surface area contributed by atoms with Gasteiger partial charge in [-0.05, 0) is 36.8 Å². The van der Waals surface area contributed by atoms with E-state index in [4.69, 9.17) is 0 Å². The molecule has 28 heavy (non-hydrogen) atoms. The molecule has 5 rings (SSSR count). The maximum absolute atomic E-state index is 13.1. The van der Waals surface area contributed by atoms with Crippen molar-refractivity contribution in [2.24, 2.45) is 0 Å². The summed E-state index contributed by atoms with van der Waals surface area (Å²) in [7, 11) is 0. The molecular formula is C23H16N2O2S. The van der Waals surface area contributed by atoms with E-state index in [0.29, 0.717) is 11.1 Å². The maximum atomic E-state index is 13.1. The summed E-state index contributed by atoms with van der Waals surface area (Å²) in [5.41, 5.74) is 3.63. The van der Waals surface area contributed by atoms with Crippen LogP contribution in [0.25, 0.3) is 20.8 Å². The number of benzene rings is 3. The molecule has 2 amide bonds. The monoisotopic (exact) mass is 384 g/mol. The van der Waals surface area contributed by atoms with E-state index in [1.54, 1.807) is 23.5 Å².